The van der Waals surface area contributed by atoms with Crippen molar-refractivity contribution in [3.05, 3.63) is 29.3 Å². The summed E-state index contributed by atoms with van der Waals surface area (Å²) >= 11 is 0. The lowest BCUT2D eigenvalue weighted by atomic mass is 9.87. The second-order valence-electron chi connectivity index (χ2n) is 5.39. The van der Waals surface area contributed by atoms with E-state index in [2.05, 4.69) is 25.2 Å². The molecule has 0 radical (unpaired) electrons. The minimum Gasteiger partial charge on any atom is -0.508 e. The summed E-state index contributed by atoms with van der Waals surface area (Å²) < 4.78 is 0. The van der Waals surface area contributed by atoms with Gasteiger partial charge in [0.25, 0.3) is 0 Å². The van der Waals surface area contributed by atoms with Crippen molar-refractivity contribution in [3.63, 3.8) is 0 Å². The summed E-state index contributed by atoms with van der Waals surface area (Å²) in [5, 5.41) is 13.4. The van der Waals surface area contributed by atoms with Gasteiger partial charge >= 0.3 is 0 Å². The molecule has 0 aromatic heterocycles. The van der Waals surface area contributed by atoms with Gasteiger partial charge in [0, 0.05) is 12.1 Å². The molecule has 2 nitrogen and oxygen atoms in total. The first-order valence-corrected chi connectivity index (χ1v) is 7.32. The monoisotopic (exact) mass is 247 g/mol. The number of phenolic OH excluding ortho intramolecular Hbond substituents is 1. The minimum atomic E-state index is 0.398. The standard InChI is InChI=1S/C16H25NO/c1-3-6-13(4-2)17-16-8-5-7-12-11-14(18)9-10-15(12)16/h9-11,13,16-18H,3-8H2,1-2H3. The smallest absolute Gasteiger partial charge is 0.115 e. The number of hydrogen-bond donors (Lipinski definition) is 2. The lowest BCUT2D eigenvalue weighted by Crippen LogP contribution is -2.34. The van der Waals surface area contributed by atoms with Crippen molar-refractivity contribution in [1.29, 1.82) is 0 Å². The molecular formula is C16H25NO. The van der Waals surface area contributed by atoms with E-state index in [-0.39, 0.29) is 0 Å². The number of benzene rings is 1. The van der Waals surface area contributed by atoms with Crippen molar-refractivity contribution in [3.8, 4) is 5.75 Å². The quantitative estimate of drug-likeness (QED) is 0.826. The summed E-state index contributed by atoms with van der Waals surface area (Å²) in [6.45, 7) is 4.51. The zero-order valence-corrected chi connectivity index (χ0v) is 11.6. The molecule has 2 atom stereocenters. The highest BCUT2D eigenvalue weighted by Crippen LogP contribution is 2.32. The summed E-state index contributed by atoms with van der Waals surface area (Å²) in [5.74, 6) is 0.398. The molecule has 2 heteroatoms. The molecule has 1 aromatic rings. The first-order valence-electron chi connectivity index (χ1n) is 7.32. The molecule has 0 spiro atoms. The largest absolute Gasteiger partial charge is 0.508 e. The van der Waals surface area contributed by atoms with Gasteiger partial charge < -0.3 is 10.4 Å². The third-order valence-corrected chi connectivity index (χ3v) is 4.01. The van der Waals surface area contributed by atoms with Crippen LogP contribution in [-0.4, -0.2) is 11.1 Å². The maximum absolute atomic E-state index is 9.57. The van der Waals surface area contributed by atoms with Gasteiger partial charge in [0.2, 0.25) is 0 Å². The van der Waals surface area contributed by atoms with E-state index in [1.807, 2.05) is 12.1 Å². The zero-order chi connectivity index (χ0) is 13.0. The van der Waals surface area contributed by atoms with Crippen LogP contribution in [0.4, 0.5) is 0 Å². The van der Waals surface area contributed by atoms with E-state index >= 15 is 0 Å². The summed E-state index contributed by atoms with van der Waals surface area (Å²) in [4.78, 5) is 0. The fraction of sp³-hybridized carbons (Fsp3) is 0.625. The second-order valence-corrected chi connectivity index (χ2v) is 5.39. The fourth-order valence-electron chi connectivity index (χ4n) is 3.01. The van der Waals surface area contributed by atoms with Crippen molar-refractivity contribution >= 4 is 0 Å². The first-order chi connectivity index (χ1) is 8.74. The highest BCUT2D eigenvalue weighted by Gasteiger charge is 2.22. The number of nitrogens with one attached hydrogen (secondary N) is 1. The average Bonchev–Trinajstić information content (AvgIpc) is 2.38. The molecule has 0 fully saturated rings. The van der Waals surface area contributed by atoms with Crippen LogP contribution in [0.3, 0.4) is 0 Å². The topological polar surface area (TPSA) is 32.3 Å². The first kappa shape index (κ1) is 13.4. The van der Waals surface area contributed by atoms with Gasteiger partial charge in [-0.1, -0.05) is 26.3 Å². The Morgan fingerprint density at radius 1 is 1.39 bits per heavy atom. The Balaban J connectivity index is 2.12. The summed E-state index contributed by atoms with van der Waals surface area (Å²) in [5.41, 5.74) is 2.72. The maximum Gasteiger partial charge on any atom is 0.115 e. The van der Waals surface area contributed by atoms with Crippen LogP contribution in [0.2, 0.25) is 0 Å². The van der Waals surface area contributed by atoms with Crippen molar-refractivity contribution < 1.29 is 5.11 Å². The molecule has 0 bridgehead atoms. The van der Waals surface area contributed by atoms with E-state index in [0.717, 1.165) is 6.42 Å². The van der Waals surface area contributed by atoms with E-state index in [1.54, 1.807) is 0 Å². The number of phenols is 1. The van der Waals surface area contributed by atoms with Crippen LogP contribution >= 0.6 is 0 Å². The Morgan fingerprint density at radius 3 is 2.94 bits per heavy atom. The van der Waals surface area contributed by atoms with Gasteiger partial charge in [-0.25, -0.2) is 0 Å². The Kier molecular flexibility index (Phi) is 4.65. The molecule has 0 saturated heterocycles. The van der Waals surface area contributed by atoms with Gasteiger partial charge in [-0.05, 0) is 55.4 Å². The van der Waals surface area contributed by atoms with Crippen molar-refractivity contribution in [1.82, 2.24) is 5.32 Å². The molecule has 0 amide bonds. The lowest BCUT2D eigenvalue weighted by molar-refractivity contribution is 0.369. The molecule has 100 valence electrons. The van der Waals surface area contributed by atoms with Crippen LogP contribution in [-0.2, 0) is 6.42 Å². The fourth-order valence-corrected chi connectivity index (χ4v) is 3.01. The van der Waals surface area contributed by atoms with E-state index in [0.29, 0.717) is 17.8 Å². The number of aromatic hydroxyl groups is 1. The number of aryl methyl sites for hydroxylation is 1. The third-order valence-electron chi connectivity index (χ3n) is 4.01. The summed E-state index contributed by atoms with van der Waals surface area (Å²) in [6.07, 6.45) is 7.22. The molecule has 0 heterocycles. The van der Waals surface area contributed by atoms with Gasteiger partial charge in [-0.2, -0.15) is 0 Å². The minimum absolute atomic E-state index is 0.398. The molecule has 2 unspecified atom stereocenters. The maximum atomic E-state index is 9.57. The summed E-state index contributed by atoms with van der Waals surface area (Å²) in [6, 6.07) is 6.95. The summed E-state index contributed by atoms with van der Waals surface area (Å²) in [7, 11) is 0. The molecule has 1 aliphatic rings. The molecule has 1 aromatic carbocycles. The number of rotatable bonds is 5. The van der Waals surface area contributed by atoms with E-state index < -0.39 is 0 Å². The molecule has 0 aliphatic heterocycles. The van der Waals surface area contributed by atoms with Crippen LogP contribution in [0.1, 0.15) is 63.1 Å². The SMILES string of the molecule is CCCC(CC)NC1CCCc2cc(O)ccc21. The van der Waals surface area contributed by atoms with Crippen molar-refractivity contribution in [2.75, 3.05) is 0 Å². The van der Waals surface area contributed by atoms with Crippen molar-refractivity contribution in [2.24, 2.45) is 0 Å². The molecule has 1 aliphatic carbocycles. The molecule has 2 rings (SSSR count). The molecular weight excluding hydrogens is 222 g/mol. The predicted octanol–water partition coefficient (Wildman–Crippen LogP) is 3.94. The van der Waals surface area contributed by atoms with Gasteiger partial charge in [0.1, 0.15) is 5.75 Å². The average molecular weight is 247 g/mol. The van der Waals surface area contributed by atoms with Gasteiger partial charge in [0.05, 0.1) is 0 Å². The van der Waals surface area contributed by atoms with E-state index in [1.165, 1.54) is 43.2 Å². The Hall–Kier alpha value is -1.02. The van der Waals surface area contributed by atoms with Crippen LogP contribution < -0.4 is 5.32 Å². The number of fused-ring (bicyclic) bond motifs is 1. The van der Waals surface area contributed by atoms with Crippen LogP contribution in [0.25, 0.3) is 0 Å². The van der Waals surface area contributed by atoms with Crippen LogP contribution in [0.5, 0.6) is 5.75 Å². The Morgan fingerprint density at radius 2 is 2.22 bits per heavy atom. The molecule has 2 N–H and O–H groups in total. The van der Waals surface area contributed by atoms with Gasteiger partial charge in [-0.15, -0.1) is 0 Å². The van der Waals surface area contributed by atoms with Gasteiger partial charge in [0.15, 0.2) is 0 Å². The third kappa shape index (κ3) is 3.05. The Labute approximate surface area is 110 Å². The zero-order valence-electron chi connectivity index (χ0n) is 11.6. The van der Waals surface area contributed by atoms with E-state index in [4.69, 9.17) is 0 Å². The Bertz CT molecular complexity index is 389. The van der Waals surface area contributed by atoms with Crippen molar-refractivity contribution in [2.45, 2.75) is 64.5 Å². The predicted molar refractivity (Wildman–Crippen MR) is 75.9 cm³/mol. The van der Waals surface area contributed by atoms with Gasteiger partial charge in [-0.3, -0.25) is 0 Å². The van der Waals surface area contributed by atoms with Crippen LogP contribution in [0, 0.1) is 0 Å². The normalized spacial score (nSPS) is 20.4. The lowest BCUT2D eigenvalue weighted by Gasteiger charge is -2.30. The molecule has 0 saturated carbocycles. The highest BCUT2D eigenvalue weighted by molar-refractivity contribution is 5.38. The van der Waals surface area contributed by atoms with E-state index in [9.17, 15) is 5.11 Å². The van der Waals surface area contributed by atoms with Crippen LogP contribution in [0.15, 0.2) is 18.2 Å². The number of hydrogen-bond acceptors (Lipinski definition) is 2. The highest BCUT2D eigenvalue weighted by atomic mass is 16.3. The second kappa shape index (κ2) is 6.24. The molecule has 18 heavy (non-hydrogen) atoms.